The Morgan fingerprint density at radius 1 is 1.11 bits per heavy atom. The Morgan fingerprint density at radius 3 is 2.53 bits per heavy atom. The molecule has 1 N–H and O–H groups in total. The summed E-state index contributed by atoms with van der Waals surface area (Å²) in [4.78, 5) is 0. The van der Waals surface area contributed by atoms with Crippen LogP contribution in [0.15, 0.2) is 18.2 Å². The van der Waals surface area contributed by atoms with Crippen molar-refractivity contribution >= 4 is 5.69 Å². The van der Waals surface area contributed by atoms with Crippen molar-refractivity contribution in [2.75, 3.05) is 39.4 Å². The molecular weight excluding hydrogens is 242 g/mol. The van der Waals surface area contributed by atoms with Crippen LogP contribution < -0.4 is 10.1 Å². The van der Waals surface area contributed by atoms with E-state index in [2.05, 4.69) is 31.3 Å². The van der Waals surface area contributed by atoms with Crippen LogP contribution in [0.1, 0.15) is 18.9 Å². The third-order valence-corrected chi connectivity index (χ3v) is 2.84. The third-order valence-electron chi connectivity index (χ3n) is 2.84. The van der Waals surface area contributed by atoms with Gasteiger partial charge in [-0.1, -0.05) is 6.07 Å². The van der Waals surface area contributed by atoms with E-state index in [0.717, 1.165) is 24.5 Å². The molecule has 0 aliphatic heterocycles. The summed E-state index contributed by atoms with van der Waals surface area (Å²) in [5.41, 5.74) is 2.20. The molecule has 0 fully saturated rings. The first-order valence-electron chi connectivity index (χ1n) is 6.65. The van der Waals surface area contributed by atoms with E-state index in [1.807, 2.05) is 6.07 Å². The molecule has 0 heterocycles. The Balaban J connectivity index is 2.64. The molecule has 0 aliphatic rings. The number of nitrogens with one attached hydrogen (secondary N) is 1. The van der Waals surface area contributed by atoms with Crippen molar-refractivity contribution in [3.63, 3.8) is 0 Å². The average Bonchev–Trinajstić information content (AvgIpc) is 2.39. The predicted octanol–water partition coefficient (Wildman–Crippen LogP) is 2.86. The van der Waals surface area contributed by atoms with E-state index >= 15 is 0 Å². The van der Waals surface area contributed by atoms with E-state index in [-0.39, 0.29) is 0 Å². The van der Waals surface area contributed by atoms with Gasteiger partial charge in [0.15, 0.2) is 0 Å². The van der Waals surface area contributed by atoms with Crippen molar-refractivity contribution in [1.82, 2.24) is 0 Å². The summed E-state index contributed by atoms with van der Waals surface area (Å²) in [5.74, 6) is 0.876. The van der Waals surface area contributed by atoms with Crippen LogP contribution in [0.3, 0.4) is 0 Å². The van der Waals surface area contributed by atoms with Crippen molar-refractivity contribution in [3.8, 4) is 5.75 Å². The fraction of sp³-hybridized carbons (Fsp3) is 0.600. The SMILES string of the molecule is COCCOc1cc(C)ccc1NC(C)CCOC. The normalized spacial score (nSPS) is 12.2. The Hall–Kier alpha value is -1.26. The van der Waals surface area contributed by atoms with Crippen LogP contribution in [0, 0.1) is 6.92 Å². The molecule has 0 aromatic heterocycles. The van der Waals surface area contributed by atoms with Crippen molar-refractivity contribution in [1.29, 1.82) is 0 Å². The van der Waals surface area contributed by atoms with Gasteiger partial charge < -0.3 is 19.5 Å². The molecule has 108 valence electrons. The van der Waals surface area contributed by atoms with Gasteiger partial charge in [-0.3, -0.25) is 0 Å². The van der Waals surface area contributed by atoms with Gasteiger partial charge in [0.25, 0.3) is 0 Å². The zero-order valence-electron chi connectivity index (χ0n) is 12.4. The zero-order chi connectivity index (χ0) is 14.1. The first-order chi connectivity index (χ1) is 9.17. The second kappa shape index (κ2) is 8.77. The number of anilines is 1. The van der Waals surface area contributed by atoms with Crippen molar-refractivity contribution in [2.24, 2.45) is 0 Å². The molecule has 1 atom stereocenters. The van der Waals surface area contributed by atoms with Crippen LogP contribution in [0.2, 0.25) is 0 Å². The molecule has 4 heteroatoms. The zero-order valence-corrected chi connectivity index (χ0v) is 12.4. The smallest absolute Gasteiger partial charge is 0.142 e. The standard InChI is InChI=1S/C15H25NO3/c1-12-5-6-14(16-13(2)7-8-17-3)15(11-12)19-10-9-18-4/h5-6,11,13,16H,7-10H2,1-4H3. The number of methoxy groups -OCH3 is 2. The summed E-state index contributed by atoms with van der Waals surface area (Å²) in [6.45, 7) is 6.09. The van der Waals surface area contributed by atoms with Crippen molar-refractivity contribution in [2.45, 2.75) is 26.3 Å². The highest BCUT2D eigenvalue weighted by Crippen LogP contribution is 2.26. The van der Waals surface area contributed by atoms with Crippen molar-refractivity contribution in [3.05, 3.63) is 23.8 Å². The monoisotopic (exact) mass is 267 g/mol. The number of rotatable bonds is 9. The quantitative estimate of drug-likeness (QED) is 0.698. The second-order valence-corrected chi connectivity index (χ2v) is 4.67. The molecule has 19 heavy (non-hydrogen) atoms. The molecule has 0 bridgehead atoms. The molecule has 1 aromatic rings. The van der Waals surface area contributed by atoms with Crippen LogP contribution in [0.4, 0.5) is 5.69 Å². The fourth-order valence-corrected chi connectivity index (χ4v) is 1.74. The van der Waals surface area contributed by atoms with Gasteiger partial charge in [0.1, 0.15) is 12.4 Å². The minimum atomic E-state index is 0.340. The summed E-state index contributed by atoms with van der Waals surface area (Å²) in [7, 11) is 3.39. The summed E-state index contributed by atoms with van der Waals surface area (Å²) in [6, 6.07) is 6.52. The van der Waals surface area contributed by atoms with Gasteiger partial charge in [-0.25, -0.2) is 0 Å². The lowest BCUT2D eigenvalue weighted by atomic mass is 10.1. The van der Waals surface area contributed by atoms with Gasteiger partial charge in [0.2, 0.25) is 0 Å². The second-order valence-electron chi connectivity index (χ2n) is 4.67. The molecule has 0 aliphatic carbocycles. The Bertz CT molecular complexity index is 368. The lowest BCUT2D eigenvalue weighted by Gasteiger charge is -2.18. The number of benzene rings is 1. The number of aryl methyl sites for hydroxylation is 1. The minimum absolute atomic E-state index is 0.340. The van der Waals surface area contributed by atoms with Gasteiger partial charge in [-0.05, 0) is 38.0 Å². The van der Waals surface area contributed by atoms with Crippen LogP contribution in [0.5, 0.6) is 5.75 Å². The lowest BCUT2D eigenvalue weighted by Crippen LogP contribution is -2.18. The lowest BCUT2D eigenvalue weighted by molar-refractivity contribution is 0.146. The highest BCUT2D eigenvalue weighted by Gasteiger charge is 2.08. The van der Waals surface area contributed by atoms with Crippen LogP contribution >= 0.6 is 0 Å². The molecule has 0 saturated heterocycles. The third kappa shape index (κ3) is 5.94. The van der Waals surface area contributed by atoms with Gasteiger partial charge in [0.05, 0.1) is 12.3 Å². The molecule has 0 amide bonds. The van der Waals surface area contributed by atoms with E-state index in [1.54, 1.807) is 14.2 Å². The molecule has 0 spiro atoms. The molecular formula is C15H25NO3. The first kappa shape index (κ1) is 15.8. The van der Waals surface area contributed by atoms with Gasteiger partial charge in [-0.15, -0.1) is 0 Å². The summed E-state index contributed by atoms with van der Waals surface area (Å²) < 4.78 is 15.8. The molecule has 1 unspecified atom stereocenters. The van der Waals surface area contributed by atoms with Crippen LogP contribution in [0.25, 0.3) is 0 Å². The molecule has 0 saturated carbocycles. The summed E-state index contributed by atoms with van der Waals surface area (Å²) >= 11 is 0. The number of ether oxygens (including phenoxy) is 3. The predicted molar refractivity (Wildman–Crippen MR) is 78.1 cm³/mol. The summed E-state index contributed by atoms with van der Waals surface area (Å²) in [6.07, 6.45) is 0.960. The highest BCUT2D eigenvalue weighted by atomic mass is 16.5. The average molecular weight is 267 g/mol. The van der Waals surface area contributed by atoms with Gasteiger partial charge in [-0.2, -0.15) is 0 Å². The maximum Gasteiger partial charge on any atom is 0.142 e. The number of hydrogen-bond donors (Lipinski definition) is 1. The highest BCUT2D eigenvalue weighted by molar-refractivity contribution is 5.58. The van der Waals surface area contributed by atoms with E-state index in [0.29, 0.717) is 19.3 Å². The van der Waals surface area contributed by atoms with Crippen LogP contribution in [-0.2, 0) is 9.47 Å². The van der Waals surface area contributed by atoms with Gasteiger partial charge in [0, 0.05) is 26.9 Å². The van der Waals surface area contributed by atoms with E-state index in [1.165, 1.54) is 5.56 Å². The van der Waals surface area contributed by atoms with E-state index in [4.69, 9.17) is 14.2 Å². The first-order valence-corrected chi connectivity index (χ1v) is 6.65. The maximum atomic E-state index is 5.74. The fourth-order valence-electron chi connectivity index (χ4n) is 1.74. The van der Waals surface area contributed by atoms with Gasteiger partial charge >= 0.3 is 0 Å². The number of hydrogen-bond acceptors (Lipinski definition) is 4. The Kier molecular flexibility index (Phi) is 7.30. The van der Waals surface area contributed by atoms with E-state index in [9.17, 15) is 0 Å². The Labute approximate surface area is 116 Å². The van der Waals surface area contributed by atoms with E-state index < -0.39 is 0 Å². The topological polar surface area (TPSA) is 39.7 Å². The molecule has 0 radical (unpaired) electrons. The Morgan fingerprint density at radius 2 is 1.84 bits per heavy atom. The molecule has 1 rings (SSSR count). The molecule has 4 nitrogen and oxygen atoms in total. The van der Waals surface area contributed by atoms with Crippen molar-refractivity contribution < 1.29 is 14.2 Å². The summed E-state index contributed by atoms with van der Waals surface area (Å²) in [5, 5.41) is 3.45. The molecule has 1 aromatic carbocycles. The maximum absolute atomic E-state index is 5.74. The largest absolute Gasteiger partial charge is 0.489 e. The minimum Gasteiger partial charge on any atom is -0.489 e. The van der Waals surface area contributed by atoms with Crippen LogP contribution in [-0.4, -0.2) is 40.1 Å².